The van der Waals surface area contributed by atoms with Gasteiger partial charge in [-0.3, -0.25) is 0 Å². The SMILES string of the molecule is NC1CCCCCC1OCc1cc(F)ccc1F. The average molecular weight is 255 g/mol. The van der Waals surface area contributed by atoms with Crippen molar-refractivity contribution >= 4 is 0 Å². The van der Waals surface area contributed by atoms with Gasteiger partial charge in [-0.15, -0.1) is 0 Å². The van der Waals surface area contributed by atoms with Crippen LogP contribution in [0.15, 0.2) is 18.2 Å². The number of ether oxygens (including phenoxy) is 1. The van der Waals surface area contributed by atoms with E-state index in [-0.39, 0.29) is 24.3 Å². The van der Waals surface area contributed by atoms with Gasteiger partial charge in [0.1, 0.15) is 11.6 Å². The maximum atomic E-state index is 13.4. The van der Waals surface area contributed by atoms with Gasteiger partial charge < -0.3 is 10.5 Å². The predicted octanol–water partition coefficient (Wildman–Crippen LogP) is 3.14. The van der Waals surface area contributed by atoms with E-state index in [2.05, 4.69) is 0 Å². The van der Waals surface area contributed by atoms with Crippen LogP contribution in [0.5, 0.6) is 0 Å². The van der Waals surface area contributed by atoms with Crippen LogP contribution in [0, 0.1) is 11.6 Å². The van der Waals surface area contributed by atoms with Crippen LogP contribution in [0.3, 0.4) is 0 Å². The molecule has 2 atom stereocenters. The molecule has 0 saturated heterocycles. The summed E-state index contributed by atoms with van der Waals surface area (Å²) in [5, 5.41) is 0. The lowest BCUT2D eigenvalue weighted by atomic mass is 10.1. The van der Waals surface area contributed by atoms with E-state index < -0.39 is 11.6 Å². The molecule has 100 valence electrons. The fourth-order valence-corrected chi connectivity index (χ4v) is 2.36. The van der Waals surface area contributed by atoms with E-state index in [1.165, 1.54) is 12.5 Å². The maximum absolute atomic E-state index is 13.4. The Morgan fingerprint density at radius 3 is 2.78 bits per heavy atom. The Morgan fingerprint density at radius 1 is 1.17 bits per heavy atom. The van der Waals surface area contributed by atoms with Crippen molar-refractivity contribution < 1.29 is 13.5 Å². The molecule has 18 heavy (non-hydrogen) atoms. The zero-order valence-electron chi connectivity index (χ0n) is 10.4. The zero-order chi connectivity index (χ0) is 13.0. The summed E-state index contributed by atoms with van der Waals surface area (Å²) in [6.45, 7) is 0.0853. The third-order valence-electron chi connectivity index (χ3n) is 3.46. The average Bonchev–Trinajstić information content (AvgIpc) is 2.55. The fourth-order valence-electron chi connectivity index (χ4n) is 2.36. The molecule has 2 nitrogen and oxygen atoms in total. The highest BCUT2D eigenvalue weighted by molar-refractivity contribution is 5.17. The van der Waals surface area contributed by atoms with Gasteiger partial charge in [-0.1, -0.05) is 19.3 Å². The number of halogens is 2. The predicted molar refractivity (Wildman–Crippen MR) is 66.0 cm³/mol. The first kappa shape index (κ1) is 13.4. The molecule has 1 aliphatic rings. The fraction of sp³-hybridized carbons (Fsp3) is 0.571. The van der Waals surface area contributed by atoms with Crippen molar-refractivity contribution in [3.05, 3.63) is 35.4 Å². The van der Waals surface area contributed by atoms with E-state index in [0.717, 1.165) is 37.8 Å². The summed E-state index contributed by atoms with van der Waals surface area (Å²) in [4.78, 5) is 0. The minimum Gasteiger partial charge on any atom is -0.372 e. The van der Waals surface area contributed by atoms with E-state index in [4.69, 9.17) is 10.5 Å². The van der Waals surface area contributed by atoms with Crippen molar-refractivity contribution in [2.45, 2.75) is 50.9 Å². The molecular formula is C14H19F2NO. The highest BCUT2D eigenvalue weighted by Crippen LogP contribution is 2.21. The molecule has 2 N–H and O–H groups in total. The molecule has 0 spiro atoms. The van der Waals surface area contributed by atoms with Crippen molar-refractivity contribution in [3.8, 4) is 0 Å². The van der Waals surface area contributed by atoms with Gasteiger partial charge in [0.15, 0.2) is 0 Å². The third-order valence-corrected chi connectivity index (χ3v) is 3.46. The molecule has 4 heteroatoms. The van der Waals surface area contributed by atoms with Crippen molar-refractivity contribution in [2.75, 3.05) is 0 Å². The molecule has 0 aromatic heterocycles. The molecule has 1 saturated carbocycles. The Labute approximate surface area is 106 Å². The third kappa shape index (κ3) is 3.50. The minimum atomic E-state index is -0.444. The molecule has 0 aliphatic heterocycles. The number of hydrogen-bond donors (Lipinski definition) is 1. The van der Waals surface area contributed by atoms with Gasteiger partial charge in [-0.05, 0) is 31.0 Å². The molecule has 0 radical (unpaired) electrons. The topological polar surface area (TPSA) is 35.2 Å². The highest BCUT2D eigenvalue weighted by atomic mass is 19.1. The number of hydrogen-bond acceptors (Lipinski definition) is 2. The van der Waals surface area contributed by atoms with Crippen LogP contribution in [-0.4, -0.2) is 12.1 Å². The standard InChI is InChI=1S/C14H19F2NO/c15-11-6-7-12(16)10(8-11)9-18-14-5-3-1-2-4-13(14)17/h6-8,13-14H,1-5,9,17H2. The Morgan fingerprint density at radius 2 is 1.94 bits per heavy atom. The summed E-state index contributed by atoms with van der Waals surface area (Å²) in [7, 11) is 0. The lowest BCUT2D eigenvalue weighted by molar-refractivity contribution is 0.0180. The molecule has 0 heterocycles. The van der Waals surface area contributed by atoms with Gasteiger partial charge in [-0.25, -0.2) is 8.78 Å². The van der Waals surface area contributed by atoms with Gasteiger partial charge in [0.25, 0.3) is 0 Å². The van der Waals surface area contributed by atoms with Crippen molar-refractivity contribution in [1.82, 2.24) is 0 Å². The molecule has 0 bridgehead atoms. The quantitative estimate of drug-likeness (QED) is 0.842. The summed E-state index contributed by atoms with van der Waals surface area (Å²) in [5.41, 5.74) is 6.27. The van der Waals surface area contributed by atoms with Gasteiger partial charge in [0.05, 0.1) is 12.7 Å². The molecular weight excluding hydrogens is 236 g/mol. The van der Waals surface area contributed by atoms with Crippen LogP contribution >= 0.6 is 0 Å². The Hall–Kier alpha value is -1.00. The highest BCUT2D eigenvalue weighted by Gasteiger charge is 2.21. The van der Waals surface area contributed by atoms with Gasteiger partial charge in [0.2, 0.25) is 0 Å². The Kier molecular flexibility index (Phi) is 4.66. The molecule has 1 aromatic carbocycles. The summed E-state index contributed by atoms with van der Waals surface area (Å²) in [5.74, 6) is -0.876. The van der Waals surface area contributed by atoms with Crippen LogP contribution < -0.4 is 5.73 Å². The Bertz CT molecular complexity index is 397. The van der Waals surface area contributed by atoms with Gasteiger partial charge in [0, 0.05) is 11.6 Å². The second-order valence-corrected chi connectivity index (χ2v) is 4.89. The van der Waals surface area contributed by atoms with E-state index in [1.807, 2.05) is 0 Å². The smallest absolute Gasteiger partial charge is 0.128 e. The minimum absolute atomic E-state index is 0.00382. The van der Waals surface area contributed by atoms with Crippen molar-refractivity contribution in [2.24, 2.45) is 5.73 Å². The number of benzene rings is 1. The normalized spacial score (nSPS) is 24.8. The van der Waals surface area contributed by atoms with Crippen LogP contribution in [0.2, 0.25) is 0 Å². The first-order valence-electron chi connectivity index (χ1n) is 6.48. The lowest BCUT2D eigenvalue weighted by Gasteiger charge is -2.22. The lowest BCUT2D eigenvalue weighted by Crippen LogP contribution is -2.35. The molecule has 1 aromatic rings. The van der Waals surface area contributed by atoms with E-state index in [0.29, 0.717) is 0 Å². The first-order valence-corrected chi connectivity index (χ1v) is 6.48. The second kappa shape index (κ2) is 6.25. The van der Waals surface area contributed by atoms with E-state index in [1.54, 1.807) is 0 Å². The summed E-state index contributed by atoms with van der Waals surface area (Å²) >= 11 is 0. The van der Waals surface area contributed by atoms with Crippen molar-refractivity contribution in [3.63, 3.8) is 0 Å². The van der Waals surface area contributed by atoms with Crippen LogP contribution in [0.25, 0.3) is 0 Å². The number of nitrogens with two attached hydrogens (primary N) is 1. The van der Waals surface area contributed by atoms with Gasteiger partial charge >= 0.3 is 0 Å². The van der Waals surface area contributed by atoms with E-state index >= 15 is 0 Å². The van der Waals surface area contributed by atoms with Crippen molar-refractivity contribution in [1.29, 1.82) is 0 Å². The molecule has 2 unspecified atom stereocenters. The molecule has 2 rings (SSSR count). The maximum Gasteiger partial charge on any atom is 0.128 e. The van der Waals surface area contributed by atoms with Crippen LogP contribution in [-0.2, 0) is 11.3 Å². The second-order valence-electron chi connectivity index (χ2n) is 4.89. The van der Waals surface area contributed by atoms with Gasteiger partial charge in [-0.2, -0.15) is 0 Å². The molecule has 1 aliphatic carbocycles. The summed E-state index contributed by atoms with van der Waals surface area (Å²) in [6.07, 6.45) is 5.17. The largest absolute Gasteiger partial charge is 0.372 e. The van der Waals surface area contributed by atoms with E-state index in [9.17, 15) is 8.78 Å². The molecule has 0 amide bonds. The summed E-state index contributed by atoms with van der Waals surface area (Å²) < 4.78 is 32.1. The van der Waals surface area contributed by atoms with Crippen LogP contribution in [0.1, 0.15) is 37.7 Å². The monoisotopic (exact) mass is 255 g/mol. The van der Waals surface area contributed by atoms with Crippen LogP contribution in [0.4, 0.5) is 8.78 Å². The Balaban J connectivity index is 1.95. The summed E-state index contributed by atoms with van der Waals surface area (Å²) in [6, 6.07) is 3.42. The molecule has 1 fully saturated rings. The first-order chi connectivity index (χ1) is 8.66. The zero-order valence-corrected chi connectivity index (χ0v) is 10.4. The number of rotatable bonds is 3.